The summed E-state index contributed by atoms with van der Waals surface area (Å²) in [6.07, 6.45) is 5.52. The van der Waals surface area contributed by atoms with Crippen molar-refractivity contribution in [2.75, 3.05) is 17.2 Å². The van der Waals surface area contributed by atoms with Crippen LogP contribution >= 0.6 is 0 Å². The van der Waals surface area contributed by atoms with E-state index in [0.29, 0.717) is 11.6 Å². The predicted octanol–water partition coefficient (Wildman–Crippen LogP) is 3.11. The fraction of sp³-hybridized carbons (Fsp3) is 0.188. The Bertz CT molecular complexity index is 742. The highest BCUT2D eigenvalue weighted by Crippen LogP contribution is 2.38. The Labute approximate surface area is 119 Å². The molecule has 0 radical (unpaired) electrons. The van der Waals surface area contributed by atoms with E-state index in [4.69, 9.17) is 17.2 Å². The zero-order valence-corrected chi connectivity index (χ0v) is 12.1. The minimum Gasteiger partial charge on any atom is -0.398 e. The number of anilines is 3. The van der Waals surface area contributed by atoms with E-state index in [1.54, 1.807) is 6.08 Å². The summed E-state index contributed by atoms with van der Waals surface area (Å²) in [4.78, 5) is 4.22. The van der Waals surface area contributed by atoms with E-state index in [1.807, 2.05) is 32.9 Å². The van der Waals surface area contributed by atoms with Gasteiger partial charge >= 0.3 is 0 Å². The Morgan fingerprint density at radius 2 is 1.55 bits per heavy atom. The van der Waals surface area contributed by atoms with Gasteiger partial charge in [0.15, 0.2) is 0 Å². The molecule has 0 spiro atoms. The molecule has 104 valence electrons. The predicted molar refractivity (Wildman–Crippen MR) is 88.4 cm³/mol. The average Bonchev–Trinajstić information content (AvgIpc) is 2.40. The summed E-state index contributed by atoms with van der Waals surface area (Å²) in [5.41, 5.74) is 22.8. The van der Waals surface area contributed by atoms with Gasteiger partial charge in [-0.3, -0.25) is 0 Å². The van der Waals surface area contributed by atoms with Crippen LogP contribution in [0.25, 0.3) is 16.8 Å². The van der Waals surface area contributed by atoms with Gasteiger partial charge in [0.25, 0.3) is 0 Å². The van der Waals surface area contributed by atoms with Crippen molar-refractivity contribution >= 4 is 34.2 Å². The Kier molecular flexibility index (Phi) is 3.40. The molecule has 0 unspecified atom stereocenters. The van der Waals surface area contributed by atoms with Crippen LogP contribution < -0.4 is 17.2 Å². The first-order chi connectivity index (χ1) is 9.40. The van der Waals surface area contributed by atoms with Crippen LogP contribution in [0.4, 0.5) is 17.3 Å². The average molecular weight is 268 g/mol. The number of pyridine rings is 1. The number of hydrogen-bond donors (Lipinski definition) is 3. The Balaban J connectivity index is 3.04. The highest BCUT2D eigenvalue weighted by molar-refractivity contribution is 6.05. The second-order valence-electron chi connectivity index (χ2n) is 4.93. The number of aryl methyl sites for hydroxylation is 3. The number of nitrogens with two attached hydrogens (primary N) is 3. The van der Waals surface area contributed by atoms with Crippen molar-refractivity contribution in [2.24, 2.45) is 0 Å². The Morgan fingerprint density at radius 1 is 0.900 bits per heavy atom. The molecule has 2 rings (SSSR count). The SMILES string of the molecule is C=CC=Cc1c(N)c(C)c2c(C)c(N)nc(N)c2c1C. The van der Waals surface area contributed by atoms with Crippen molar-refractivity contribution in [3.63, 3.8) is 0 Å². The van der Waals surface area contributed by atoms with Crippen LogP contribution in [0.15, 0.2) is 18.7 Å². The molecule has 0 saturated carbocycles. The van der Waals surface area contributed by atoms with Crippen molar-refractivity contribution in [1.29, 1.82) is 0 Å². The molecular weight excluding hydrogens is 248 g/mol. The summed E-state index contributed by atoms with van der Waals surface area (Å²) in [5.74, 6) is 0.892. The first-order valence-corrected chi connectivity index (χ1v) is 6.43. The second-order valence-corrected chi connectivity index (χ2v) is 4.93. The molecule has 4 nitrogen and oxygen atoms in total. The lowest BCUT2D eigenvalue weighted by Gasteiger charge is -2.18. The van der Waals surface area contributed by atoms with Gasteiger partial charge in [0.2, 0.25) is 0 Å². The lowest BCUT2D eigenvalue weighted by atomic mass is 9.91. The number of hydrogen-bond acceptors (Lipinski definition) is 4. The molecule has 0 aliphatic heterocycles. The van der Waals surface area contributed by atoms with Gasteiger partial charge in [-0.2, -0.15) is 0 Å². The third-order valence-electron chi connectivity index (χ3n) is 3.75. The summed E-state index contributed by atoms with van der Waals surface area (Å²) in [7, 11) is 0. The lowest BCUT2D eigenvalue weighted by Crippen LogP contribution is -2.06. The van der Waals surface area contributed by atoms with E-state index in [0.717, 1.165) is 38.7 Å². The molecule has 1 heterocycles. The second kappa shape index (κ2) is 4.89. The van der Waals surface area contributed by atoms with E-state index in [2.05, 4.69) is 11.6 Å². The number of aromatic nitrogens is 1. The number of fused-ring (bicyclic) bond motifs is 1. The van der Waals surface area contributed by atoms with Crippen molar-refractivity contribution in [1.82, 2.24) is 4.98 Å². The molecule has 4 heteroatoms. The van der Waals surface area contributed by atoms with Crippen LogP contribution in [0.5, 0.6) is 0 Å². The topological polar surface area (TPSA) is 91.0 Å². The molecule has 0 aliphatic rings. The van der Waals surface area contributed by atoms with E-state index < -0.39 is 0 Å². The molecule has 0 atom stereocenters. The van der Waals surface area contributed by atoms with Crippen molar-refractivity contribution in [3.8, 4) is 0 Å². The summed E-state index contributed by atoms with van der Waals surface area (Å²) in [6.45, 7) is 9.60. The quantitative estimate of drug-likeness (QED) is 0.576. The summed E-state index contributed by atoms with van der Waals surface area (Å²) >= 11 is 0. The van der Waals surface area contributed by atoms with Gasteiger partial charge in [0.1, 0.15) is 11.6 Å². The number of nitrogen functional groups attached to an aromatic ring is 3. The molecule has 20 heavy (non-hydrogen) atoms. The van der Waals surface area contributed by atoms with E-state index in [1.165, 1.54) is 0 Å². The van der Waals surface area contributed by atoms with Crippen LogP contribution in [0.3, 0.4) is 0 Å². The van der Waals surface area contributed by atoms with Crippen LogP contribution in [-0.4, -0.2) is 4.98 Å². The first-order valence-electron chi connectivity index (χ1n) is 6.43. The van der Waals surface area contributed by atoms with Gasteiger partial charge in [-0.05, 0) is 42.8 Å². The molecule has 2 aromatic rings. The van der Waals surface area contributed by atoms with Crippen LogP contribution in [0.1, 0.15) is 22.3 Å². The van der Waals surface area contributed by atoms with Crippen molar-refractivity contribution in [3.05, 3.63) is 41.0 Å². The molecule has 6 N–H and O–H groups in total. The maximum Gasteiger partial charge on any atom is 0.134 e. The zero-order chi connectivity index (χ0) is 15.0. The monoisotopic (exact) mass is 268 g/mol. The van der Waals surface area contributed by atoms with Gasteiger partial charge in [-0.25, -0.2) is 4.98 Å². The lowest BCUT2D eigenvalue weighted by molar-refractivity contribution is 1.30. The summed E-state index contributed by atoms with van der Waals surface area (Å²) in [5, 5.41) is 1.92. The number of rotatable bonds is 2. The third kappa shape index (κ3) is 1.90. The minimum atomic E-state index is 0.442. The molecular formula is C16H20N4. The number of benzene rings is 1. The molecule has 0 aliphatic carbocycles. The fourth-order valence-electron chi connectivity index (χ4n) is 2.61. The van der Waals surface area contributed by atoms with Gasteiger partial charge in [-0.1, -0.05) is 24.8 Å². The van der Waals surface area contributed by atoms with Crippen LogP contribution in [-0.2, 0) is 0 Å². The van der Waals surface area contributed by atoms with Crippen molar-refractivity contribution < 1.29 is 0 Å². The highest BCUT2D eigenvalue weighted by atomic mass is 14.9. The molecule has 0 saturated heterocycles. The zero-order valence-electron chi connectivity index (χ0n) is 12.1. The molecule has 0 fully saturated rings. The van der Waals surface area contributed by atoms with E-state index in [-0.39, 0.29) is 0 Å². The third-order valence-corrected chi connectivity index (χ3v) is 3.75. The smallest absolute Gasteiger partial charge is 0.134 e. The highest BCUT2D eigenvalue weighted by Gasteiger charge is 2.17. The van der Waals surface area contributed by atoms with Crippen molar-refractivity contribution in [2.45, 2.75) is 20.8 Å². The number of allylic oxidation sites excluding steroid dienone is 2. The number of nitrogens with zero attached hydrogens (tertiary/aromatic N) is 1. The normalized spacial score (nSPS) is 11.3. The summed E-state index contributed by atoms with van der Waals surface area (Å²) < 4.78 is 0. The summed E-state index contributed by atoms with van der Waals surface area (Å²) in [6, 6.07) is 0. The molecule has 1 aromatic carbocycles. The van der Waals surface area contributed by atoms with E-state index >= 15 is 0 Å². The van der Waals surface area contributed by atoms with Gasteiger partial charge in [-0.15, -0.1) is 0 Å². The maximum absolute atomic E-state index is 6.27. The first kappa shape index (κ1) is 13.9. The Hall–Kier alpha value is -2.49. The Morgan fingerprint density at radius 3 is 2.15 bits per heavy atom. The van der Waals surface area contributed by atoms with Crippen LogP contribution in [0, 0.1) is 20.8 Å². The fourth-order valence-corrected chi connectivity index (χ4v) is 2.61. The molecule has 0 amide bonds. The van der Waals surface area contributed by atoms with Crippen LogP contribution in [0.2, 0.25) is 0 Å². The minimum absolute atomic E-state index is 0.442. The van der Waals surface area contributed by atoms with E-state index in [9.17, 15) is 0 Å². The standard InChI is InChI=1S/C16H20N4/c1-5-6-7-11-8(2)13-12(9(3)14(11)17)10(4)15(18)20-16(13)19/h5-7H,1,17H2,2-4H3,(H4,18,19,20). The largest absolute Gasteiger partial charge is 0.398 e. The van der Waals surface area contributed by atoms with Gasteiger partial charge in [0, 0.05) is 16.6 Å². The maximum atomic E-state index is 6.27. The molecule has 1 aromatic heterocycles. The van der Waals surface area contributed by atoms with Gasteiger partial charge in [0.05, 0.1) is 0 Å². The van der Waals surface area contributed by atoms with Gasteiger partial charge < -0.3 is 17.2 Å². The molecule has 0 bridgehead atoms.